The quantitative estimate of drug-likeness (QED) is 0.599. The molecule has 2 aromatic rings. The van der Waals surface area contributed by atoms with Crippen molar-refractivity contribution < 1.29 is 23.5 Å². The van der Waals surface area contributed by atoms with Crippen molar-refractivity contribution in [2.24, 2.45) is 0 Å². The maximum absolute atomic E-state index is 13.2. The zero-order valence-corrected chi connectivity index (χ0v) is 19.7. The van der Waals surface area contributed by atoms with Gasteiger partial charge in [-0.05, 0) is 49.7 Å². The van der Waals surface area contributed by atoms with Crippen LogP contribution in [-0.2, 0) is 11.3 Å². The number of amides is 2. The van der Waals surface area contributed by atoms with Gasteiger partial charge >= 0.3 is 0 Å². The molecule has 0 saturated carbocycles. The van der Waals surface area contributed by atoms with Crippen LogP contribution in [0.3, 0.4) is 0 Å². The van der Waals surface area contributed by atoms with Gasteiger partial charge in [0, 0.05) is 43.3 Å². The largest absolute Gasteiger partial charge is 0.490 e. The standard InChI is InChI=1S/C24H29ClFN3O4/c1-3-32-21-8-6-17(13-22(21)33-4-2)24(31)27-15-23(30)29-11-9-28(10-12-29)16-18-5-7-19(26)14-20(18)25/h5-8,13-14H,3-4,9-12,15-16H2,1-2H3,(H,27,31). The summed E-state index contributed by atoms with van der Waals surface area (Å²) in [5.74, 6) is 0.221. The highest BCUT2D eigenvalue weighted by Gasteiger charge is 2.22. The third-order valence-electron chi connectivity index (χ3n) is 5.34. The first-order valence-corrected chi connectivity index (χ1v) is 11.4. The SMILES string of the molecule is CCOc1ccc(C(=O)NCC(=O)N2CCN(Cc3ccc(F)cc3Cl)CC2)cc1OCC. The van der Waals surface area contributed by atoms with Gasteiger partial charge < -0.3 is 19.7 Å². The smallest absolute Gasteiger partial charge is 0.251 e. The number of carbonyl (C=O) groups excluding carboxylic acids is 2. The van der Waals surface area contributed by atoms with Crippen molar-refractivity contribution in [3.63, 3.8) is 0 Å². The second kappa shape index (κ2) is 11.9. The van der Waals surface area contributed by atoms with E-state index in [0.717, 1.165) is 5.56 Å². The second-order valence-corrected chi connectivity index (χ2v) is 8.01. The minimum absolute atomic E-state index is 0.0835. The summed E-state index contributed by atoms with van der Waals surface area (Å²) in [5.41, 5.74) is 1.25. The van der Waals surface area contributed by atoms with Crippen LogP contribution in [0.5, 0.6) is 11.5 Å². The molecule has 1 saturated heterocycles. The Bertz CT molecular complexity index is 980. The fourth-order valence-corrected chi connectivity index (χ4v) is 3.84. The molecule has 1 fully saturated rings. The third kappa shape index (κ3) is 6.82. The molecule has 0 atom stereocenters. The molecule has 7 nitrogen and oxygen atoms in total. The highest BCUT2D eigenvalue weighted by atomic mass is 35.5. The van der Waals surface area contributed by atoms with Crippen LogP contribution in [0.15, 0.2) is 36.4 Å². The van der Waals surface area contributed by atoms with Crippen molar-refractivity contribution in [1.29, 1.82) is 0 Å². The Morgan fingerprint density at radius 3 is 2.36 bits per heavy atom. The molecule has 9 heteroatoms. The van der Waals surface area contributed by atoms with Crippen LogP contribution in [0, 0.1) is 5.82 Å². The number of ether oxygens (including phenoxy) is 2. The first kappa shape index (κ1) is 24.8. The van der Waals surface area contributed by atoms with E-state index in [1.165, 1.54) is 12.1 Å². The molecule has 0 aromatic heterocycles. The van der Waals surface area contributed by atoms with Crippen LogP contribution in [-0.4, -0.2) is 67.6 Å². The molecular weight excluding hydrogens is 449 g/mol. The van der Waals surface area contributed by atoms with Gasteiger partial charge in [-0.2, -0.15) is 0 Å². The van der Waals surface area contributed by atoms with Crippen molar-refractivity contribution in [2.75, 3.05) is 45.9 Å². The Balaban J connectivity index is 1.48. The number of hydrogen-bond donors (Lipinski definition) is 1. The van der Waals surface area contributed by atoms with E-state index in [1.807, 2.05) is 13.8 Å². The molecule has 2 amide bonds. The summed E-state index contributed by atoms with van der Waals surface area (Å²) in [6, 6.07) is 9.34. The van der Waals surface area contributed by atoms with Gasteiger partial charge in [-0.3, -0.25) is 14.5 Å². The highest BCUT2D eigenvalue weighted by Crippen LogP contribution is 2.28. The summed E-state index contributed by atoms with van der Waals surface area (Å²) in [7, 11) is 0. The van der Waals surface area contributed by atoms with E-state index in [-0.39, 0.29) is 24.2 Å². The number of hydrogen-bond acceptors (Lipinski definition) is 5. The van der Waals surface area contributed by atoms with Crippen LogP contribution in [0.25, 0.3) is 0 Å². The molecule has 3 rings (SSSR count). The zero-order chi connectivity index (χ0) is 23.8. The normalized spacial score (nSPS) is 14.1. The molecule has 0 radical (unpaired) electrons. The van der Waals surface area contributed by atoms with Crippen molar-refractivity contribution in [3.05, 3.63) is 58.4 Å². The molecule has 0 aliphatic carbocycles. The molecule has 33 heavy (non-hydrogen) atoms. The Morgan fingerprint density at radius 2 is 1.70 bits per heavy atom. The average Bonchev–Trinajstić information content (AvgIpc) is 2.81. The third-order valence-corrected chi connectivity index (χ3v) is 5.69. The number of halogens is 2. The van der Waals surface area contributed by atoms with E-state index in [4.69, 9.17) is 21.1 Å². The minimum Gasteiger partial charge on any atom is -0.490 e. The lowest BCUT2D eigenvalue weighted by molar-refractivity contribution is -0.131. The van der Waals surface area contributed by atoms with Gasteiger partial charge in [0.25, 0.3) is 5.91 Å². The summed E-state index contributed by atoms with van der Waals surface area (Å²) in [6.07, 6.45) is 0. The number of piperazine rings is 1. The monoisotopic (exact) mass is 477 g/mol. The Labute approximate surface area is 198 Å². The summed E-state index contributed by atoms with van der Waals surface area (Å²) in [5, 5.41) is 3.09. The molecule has 1 heterocycles. The van der Waals surface area contributed by atoms with Gasteiger partial charge in [-0.25, -0.2) is 4.39 Å². The lowest BCUT2D eigenvalue weighted by Gasteiger charge is -2.35. The number of carbonyl (C=O) groups is 2. The van der Waals surface area contributed by atoms with Crippen molar-refractivity contribution >= 4 is 23.4 Å². The van der Waals surface area contributed by atoms with E-state index in [0.29, 0.717) is 68.0 Å². The van der Waals surface area contributed by atoms with Crippen LogP contribution in [0.4, 0.5) is 4.39 Å². The fraction of sp³-hybridized carbons (Fsp3) is 0.417. The predicted octanol–water partition coefficient (Wildman–Crippen LogP) is 3.35. The number of nitrogens with zero attached hydrogens (tertiary/aromatic N) is 2. The van der Waals surface area contributed by atoms with Gasteiger partial charge in [0.2, 0.25) is 5.91 Å². The molecule has 2 aromatic carbocycles. The van der Waals surface area contributed by atoms with Gasteiger partial charge in [-0.1, -0.05) is 17.7 Å². The van der Waals surface area contributed by atoms with Gasteiger partial charge in [0.15, 0.2) is 11.5 Å². The second-order valence-electron chi connectivity index (χ2n) is 7.60. The Morgan fingerprint density at radius 1 is 1.00 bits per heavy atom. The van der Waals surface area contributed by atoms with E-state index in [9.17, 15) is 14.0 Å². The predicted molar refractivity (Wildman–Crippen MR) is 124 cm³/mol. The van der Waals surface area contributed by atoms with Crippen molar-refractivity contribution in [2.45, 2.75) is 20.4 Å². The van der Waals surface area contributed by atoms with Gasteiger partial charge in [0.1, 0.15) is 5.82 Å². The Kier molecular flexibility index (Phi) is 8.91. The number of nitrogens with one attached hydrogen (secondary N) is 1. The van der Waals surface area contributed by atoms with Gasteiger partial charge in [-0.15, -0.1) is 0 Å². The lowest BCUT2D eigenvalue weighted by atomic mass is 10.2. The molecule has 1 aliphatic heterocycles. The van der Waals surface area contributed by atoms with Crippen LogP contribution < -0.4 is 14.8 Å². The van der Waals surface area contributed by atoms with E-state index in [1.54, 1.807) is 29.2 Å². The first-order chi connectivity index (χ1) is 15.9. The molecule has 1 N–H and O–H groups in total. The summed E-state index contributed by atoms with van der Waals surface area (Å²) >= 11 is 6.11. The number of rotatable bonds is 9. The summed E-state index contributed by atoms with van der Waals surface area (Å²) < 4.78 is 24.3. The van der Waals surface area contributed by atoms with E-state index in [2.05, 4.69) is 10.2 Å². The molecule has 0 bridgehead atoms. The molecular formula is C24H29ClFN3O4. The van der Waals surface area contributed by atoms with Crippen molar-refractivity contribution in [1.82, 2.24) is 15.1 Å². The average molecular weight is 478 g/mol. The summed E-state index contributed by atoms with van der Waals surface area (Å²) in [4.78, 5) is 29.0. The van der Waals surface area contributed by atoms with Crippen molar-refractivity contribution in [3.8, 4) is 11.5 Å². The van der Waals surface area contributed by atoms with E-state index < -0.39 is 0 Å². The lowest BCUT2D eigenvalue weighted by Crippen LogP contribution is -2.50. The molecule has 0 unspecified atom stereocenters. The molecule has 0 spiro atoms. The van der Waals surface area contributed by atoms with Crippen LogP contribution in [0.1, 0.15) is 29.8 Å². The highest BCUT2D eigenvalue weighted by molar-refractivity contribution is 6.31. The summed E-state index contributed by atoms with van der Waals surface area (Å²) in [6.45, 7) is 7.61. The van der Waals surface area contributed by atoms with Crippen LogP contribution >= 0.6 is 11.6 Å². The first-order valence-electron chi connectivity index (χ1n) is 11.0. The molecule has 1 aliphatic rings. The topological polar surface area (TPSA) is 71.1 Å². The Hall–Kier alpha value is -2.84. The maximum atomic E-state index is 13.2. The molecule has 178 valence electrons. The maximum Gasteiger partial charge on any atom is 0.251 e. The minimum atomic E-state index is -0.361. The van der Waals surface area contributed by atoms with Gasteiger partial charge in [0.05, 0.1) is 19.8 Å². The zero-order valence-electron chi connectivity index (χ0n) is 18.9. The van der Waals surface area contributed by atoms with E-state index >= 15 is 0 Å². The van der Waals surface area contributed by atoms with Crippen LogP contribution in [0.2, 0.25) is 5.02 Å². The fourth-order valence-electron chi connectivity index (χ4n) is 3.61. The number of benzene rings is 2.